The number of carbonyl (C=O) groups excluding carboxylic acids is 2. The molecule has 2 atom stereocenters. The van der Waals surface area contributed by atoms with E-state index in [9.17, 15) is 24.3 Å². The Morgan fingerprint density at radius 2 is 2.00 bits per heavy atom. The van der Waals surface area contributed by atoms with E-state index in [1.165, 1.54) is 21.6 Å². The zero-order chi connectivity index (χ0) is 33.4. The van der Waals surface area contributed by atoms with Crippen molar-refractivity contribution in [3.05, 3.63) is 58.7 Å². The molecule has 248 valence electrons. The van der Waals surface area contributed by atoms with E-state index in [1.807, 2.05) is 4.57 Å². The number of nitrogens with one attached hydrogen (secondary N) is 2. The molecule has 0 aromatic carbocycles. The first-order valence-corrected chi connectivity index (χ1v) is 15.5. The van der Waals surface area contributed by atoms with Crippen LogP contribution in [0, 0.1) is 5.41 Å². The van der Waals surface area contributed by atoms with Gasteiger partial charge in [0.1, 0.15) is 35.6 Å². The minimum Gasteiger partial charge on any atom is -0.465 e. The van der Waals surface area contributed by atoms with E-state index in [-0.39, 0.29) is 42.6 Å². The molecule has 1 saturated heterocycles. The van der Waals surface area contributed by atoms with Gasteiger partial charge in [-0.15, -0.1) is 0 Å². The number of hydrogen-bond acceptors (Lipinski definition) is 8. The van der Waals surface area contributed by atoms with Crippen LogP contribution < -0.4 is 16.2 Å². The van der Waals surface area contributed by atoms with Gasteiger partial charge >= 0.3 is 6.09 Å². The maximum Gasteiger partial charge on any atom is 0.405 e. The Bertz CT molecular complexity index is 1630. The summed E-state index contributed by atoms with van der Waals surface area (Å²) in [6.45, 7) is 7.22. The van der Waals surface area contributed by atoms with Crippen molar-refractivity contribution in [2.24, 2.45) is 5.41 Å². The summed E-state index contributed by atoms with van der Waals surface area (Å²) in [5, 5.41) is 14.1. The SMILES string of the molecule is CN(C)C(=O)/C=C/CC[C@H](NC(=O)O)C(=O)Nc1cccn(Cc2nc3c(CCC(C)(C)C)ncnc3n2C2CCCCO2)c1=O. The number of aryl methyl sites for hydroxylation is 1. The third-order valence-electron chi connectivity index (χ3n) is 7.71. The topological polar surface area (TPSA) is 174 Å². The van der Waals surface area contributed by atoms with Gasteiger partial charge in [0.2, 0.25) is 11.8 Å². The number of rotatable bonds is 12. The summed E-state index contributed by atoms with van der Waals surface area (Å²) in [4.78, 5) is 65.4. The smallest absolute Gasteiger partial charge is 0.405 e. The van der Waals surface area contributed by atoms with Crippen molar-refractivity contribution in [3.8, 4) is 0 Å². The molecular formula is C32H44N8O6. The lowest BCUT2D eigenvalue weighted by atomic mass is 9.90. The maximum absolute atomic E-state index is 13.6. The van der Waals surface area contributed by atoms with Crippen molar-refractivity contribution in [2.75, 3.05) is 26.0 Å². The summed E-state index contributed by atoms with van der Waals surface area (Å²) in [6, 6.07) is 1.95. The van der Waals surface area contributed by atoms with E-state index >= 15 is 0 Å². The lowest BCUT2D eigenvalue weighted by molar-refractivity contribution is -0.123. The van der Waals surface area contributed by atoms with E-state index in [4.69, 9.17) is 9.72 Å². The van der Waals surface area contributed by atoms with Crippen LogP contribution in [0.25, 0.3) is 11.2 Å². The molecule has 3 aromatic rings. The molecule has 0 spiro atoms. The van der Waals surface area contributed by atoms with Crippen LogP contribution in [0.15, 0.2) is 41.6 Å². The van der Waals surface area contributed by atoms with Crippen LogP contribution in [-0.4, -0.2) is 78.7 Å². The van der Waals surface area contributed by atoms with Gasteiger partial charge < -0.3 is 29.9 Å². The zero-order valence-corrected chi connectivity index (χ0v) is 27.2. The van der Waals surface area contributed by atoms with Crippen molar-refractivity contribution < 1.29 is 24.2 Å². The molecule has 46 heavy (non-hydrogen) atoms. The first kappa shape index (κ1) is 34.3. The van der Waals surface area contributed by atoms with Gasteiger partial charge in [-0.3, -0.25) is 19.0 Å². The Morgan fingerprint density at radius 3 is 2.67 bits per heavy atom. The Kier molecular flexibility index (Phi) is 11.3. The summed E-state index contributed by atoms with van der Waals surface area (Å²) in [5.41, 5.74) is 1.78. The highest BCUT2D eigenvalue weighted by Gasteiger charge is 2.26. The molecule has 1 aliphatic rings. The molecule has 4 rings (SSSR count). The third kappa shape index (κ3) is 8.99. The number of imidazole rings is 1. The van der Waals surface area contributed by atoms with Crippen LogP contribution in [0.3, 0.4) is 0 Å². The third-order valence-corrected chi connectivity index (χ3v) is 7.71. The molecule has 14 nitrogen and oxygen atoms in total. The number of pyridine rings is 1. The number of hydrogen-bond donors (Lipinski definition) is 3. The van der Waals surface area contributed by atoms with E-state index < -0.39 is 23.6 Å². The van der Waals surface area contributed by atoms with Gasteiger partial charge in [-0.2, -0.15) is 0 Å². The number of carbonyl (C=O) groups is 3. The fourth-order valence-electron chi connectivity index (χ4n) is 5.16. The highest BCUT2D eigenvalue weighted by atomic mass is 16.5. The summed E-state index contributed by atoms with van der Waals surface area (Å²) in [6.07, 6.45) is 9.12. The second-order valence-corrected chi connectivity index (χ2v) is 12.8. The predicted molar refractivity (Wildman–Crippen MR) is 172 cm³/mol. The number of anilines is 1. The number of allylic oxidation sites excluding steroid dienone is 1. The first-order valence-electron chi connectivity index (χ1n) is 15.5. The monoisotopic (exact) mass is 636 g/mol. The van der Waals surface area contributed by atoms with Crippen LogP contribution in [-0.2, 0) is 27.3 Å². The highest BCUT2D eigenvalue weighted by Crippen LogP contribution is 2.30. The molecule has 4 heterocycles. The van der Waals surface area contributed by atoms with Crippen LogP contribution in [0.2, 0.25) is 0 Å². The Morgan fingerprint density at radius 1 is 1.22 bits per heavy atom. The lowest BCUT2D eigenvalue weighted by Crippen LogP contribution is -2.44. The Hall–Kier alpha value is -4.59. The number of amides is 3. The van der Waals surface area contributed by atoms with Crippen LogP contribution >= 0.6 is 0 Å². The van der Waals surface area contributed by atoms with Crippen molar-refractivity contribution in [2.45, 2.75) is 84.5 Å². The van der Waals surface area contributed by atoms with E-state index in [1.54, 1.807) is 38.8 Å². The van der Waals surface area contributed by atoms with Crippen molar-refractivity contribution in [1.29, 1.82) is 0 Å². The molecule has 1 unspecified atom stereocenters. The summed E-state index contributed by atoms with van der Waals surface area (Å²) >= 11 is 0. The van der Waals surface area contributed by atoms with Crippen LogP contribution in [0.1, 0.15) is 77.0 Å². The summed E-state index contributed by atoms with van der Waals surface area (Å²) < 4.78 is 9.52. The number of nitrogens with zero attached hydrogens (tertiary/aromatic N) is 6. The molecule has 14 heteroatoms. The quantitative estimate of drug-likeness (QED) is 0.250. The number of carboxylic acid groups (broad SMARTS) is 1. The average molecular weight is 637 g/mol. The maximum atomic E-state index is 13.6. The van der Waals surface area contributed by atoms with Gasteiger partial charge in [-0.05, 0) is 68.6 Å². The molecule has 0 radical (unpaired) electrons. The minimum absolute atomic E-state index is 0.00903. The molecule has 0 bridgehead atoms. The molecule has 3 N–H and O–H groups in total. The lowest BCUT2D eigenvalue weighted by Gasteiger charge is -2.25. The Balaban J connectivity index is 1.60. The summed E-state index contributed by atoms with van der Waals surface area (Å²) in [5.74, 6) is -0.338. The van der Waals surface area contributed by atoms with Gasteiger partial charge in [0.15, 0.2) is 5.65 Å². The van der Waals surface area contributed by atoms with Gasteiger partial charge in [-0.1, -0.05) is 26.8 Å². The largest absolute Gasteiger partial charge is 0.465 e. The van der Waals surface area contributed by atoms with Crippen molar-refractivity contribution >= 4 is 34.8 Å². The fraction of sp³-hybridized carbons (Fsp3) is 0.531. The summed E-state index contributed by atoms with van der Waals surface area (Å²) in [7, 11) is 3.22. The number of aromatic nitrogens is 5. The van der Waals surface area contributed by atoms with Gasteiger partial charge in [0.25, 0.3) is 5.56 Å². The zero-order valence-electron chi connectivity index (χ0n) is 27.2. The van der Waals surface area contributed by atoms with E-state index in [0.29, 0.717) is 23.6 Å². The normalized spacial score (nSPS) is 16.0. The molecular weight excluding hydrogens is 592 g/mol. The van der Waals surface area contributed by atoms with Gasteiger partial charge in [-0.25, -0.2) is 19.7 Å². The molecule has 0 aliphatic carbocycles. The highest BCUT2D eigenvalue weighted by molar-refractivity contribution is 5.96. The minimum atomic E-state index is -1.38. The second-order valence-electron chi connectivity index (χ2n) is 12.8. The van der Waals surface area contributed by atoms with Crippen LogP contribution in [0.5, 0.6) is 0 Å². The van der Waals surface area contributed by atoms with Crippen LogP contribution in [0.4, 0.5) is 10.5 Å². The van der Waals surface area contributed by atoms with Gasteiger partial charge in [0, 0.05) is 26.9 Å². The molecule has 0 saturated carbocycles. The predicted octanol–water partition coefficient (Wildman–Crippen LogP) is 3.71. The number of ether oxygens (including phenoxy) is 1. The molecule has 1 fully saturated rings. The standard InChI is InChI=1S/C32H44N8O6/c1-32(2,3)16-15-21-27-28(34-20-33-21)40(26-14-8-9-18-46-26)24(37-27)19-39-17-10-12-23(30(39)43)35-29(42)22(36-31(44)45)11-6-7-13-25(41)38(4)5/h7,10,12-13,17,20,22,26,36H,6,8-9,11,14-16,18-19H2,1-5H3,(H,35,42)(H,44,45)/b13-7+/t22-,26?/m0/s1. The molecule has 3 amide bonds. The fourth-order valence-corrected chi connectivity index (χ4v) is 5.16. The van der Waals surface area contributed by atoms with E-state index in [0.717, 1.165) is 37.8 Å². The molecule has 3 aromatic heterocycles. The molecule has 1 aliphatic heterocycles. The Labute approximate surface area is 267 Å². The first-order chi connectivity index (χ1) is 21.8. The number of likely N-dealkylation sites (N-methyl/N-ethyl adjacent to an activating group) is 1. The van der Waals surface area contributed by atoms with Crippen molar-refractivity contribution in [3.63, 3.8) is 0 Å². The van der Waals surface area contributed by atoms with Gasteiger partial charge in [0.05, 0.1) is 12.2 Å². The average Bonchev–Trinajstić information content (AvgIpc) is 3.37. The van der Waals surface area contributed by atoms with E-state index in [2.05, 4.69) is 41.4 Å². The van der Waals surface area contributed by atoms with Crippen molar-refractivity contribution in [1.82, 2.24) is 34.3 Å². The second kappa shape index (κ2) is 15.1. The number of fused-ring (bicyclic) bond motifs is 1.